The first-order valence-electron chi connectivity index (χ1n) is 6.43. The molecule has 0 aromatic heterocycles. The molecule has 0 radical (unpaired) electrons. The molecule has 0 saturated carbocycles. The molecule has 6 heteroatoms. The van der Waals surface area contributed by atoms with E-state index in [1.165, 1.54) is 0 Å². The number of hydrogen-bond acceptors (Lipinski definition) is 3. The van der Waals surface area contributed by atoms with Gasteiger partial charge in [-0.3, -0.25) is 4.79 Å². The van der Waals surface area contributed by atoms with Gasteiger partial charge in [0.2, 0.25) is 0 Å². The molecule has 3 N–H and O–H groups in total. The van der Waals surface area contributed by atoms with Crippen LogP contribution in [0.25, 0.3) is 0 Å². The van der Waals surface area contributed by atoms with Crippen LogP contribution in [0.15, 0.2) is 0 Å². The second-order valence-corrected chi connectivity index (χ2v) is 4.31. The maximum atomic E-state index is 11.5. The van der Waals surface area contributed by atoms with Gasteiger partial charge in [-0.1, -0.05) is 12.8 Å². The van der Waals surface area contributed by atoms with Gasteiger partial charge in [-0.25, -0.2) is 4.79 Å². The summed E-state index contributed by atoms with van der Waals surface area (Å²) in [5.74, 6) is -0.741. The second kappa shape index (κ2) is 10.8. The Morgan fingerprint density at radius 1 is 1.11 bits per heavy atom. The highest BCUT2D eigenvalue weighted by Crippen LogP contribution is 2.02. The second-order valence-electron chi connectivity index (χ2n) is 4.31. The zero-order chi connectivity index (χ0) is 13.8. The first-order valence-corrected chi connectivity index (χ1v) is 6.43. The fourth-order valence-corrected chi connectivity index (χ4v) is 1.47. The molecule has 0 saturated heterocycles. The fraction of sp³-hybridized carbons (Fsp3) is 0.833. The summed E-state index contributed by atoms with van der Waals surface area (Å²) in [4.78, 5) is 23.4. The van der Waals surface area contributed by atoms with Crippen molar-refractivity contribution in [3.8, 4) is 0 Å². The van der Waals surface area contributed by atoms with Crippen LogP contribution in [-0.4, -0.2) is 55.7 Å². The molecule has 0 heterocycles. The summed E-state index contributed by atoms with van der Waals surface area (Å²) in [5.41, 5.74) is 0. The molecule has 0 unspecified atom stereocenters. The molecule has 0 spiro atoms. The molecule has 0 rings (SSSR count). The molecule has 0 atom stereocenters. The van der Waals surface area contributed by atoms with Crippen molar-refractivity contribution in [2.75, 3.05) is 33.7 Å². The van der Waals surface area contributed by atoms with E-state index in [9.17, 15) is 9.59 Å². The minimum Gasteiger partial charge on any atom is -0.481 e. The molecule has 0 aromatic rings. The number of likely N-dealkylation sites (N-methyl/N-ethyl adjacent to an activating group) is 2. The third-order valence-corrected chi connectivity index (χ3v) is 2.64. The van der Waals surface area contributed by atoms with E-state index in [2.05, 4.69) is 10.6 Å². The average Bonchev–Trinajstić information content (AvgIpc) is 2.34. The number of hydrogen-bond donors (Lipinski definition) is 3. The van der Waals surface area contributed by atoms with Gasteiger partial charge in [0.15, 0.2) is 0 Å². The summed E-state index contributed by atoms with van der Waals surface area (Å²) in [6, 6.07) is -0.0595. The zero-order valence-electron chi connectivity index (χ0n) is 11.4. The van der Waals surface area contributed by atoms with Crippen molar-refractivity contribution in [3.05, 3.63) is 0 Å². The van der Waals surface area contributed by atoms with Crippen LogP contribution in [0.4, 0.5) is 4.79 Å². The molecule has 6 nitrogen and oxygen atoms in total. The van der Waals surface area contributed by atoms with E-state index in [4.69, 9.17) is 5.11 Å². The Bertz CT molecular complexity index is 247. The van der Waals surface area contributed by atoms with Crippen molar-refractivity contribution in [2.24, 2.45) is 0 Å². The quantitative estimate of drug-likeness (QED) is 0.509. The van der Waals surface area contributed by atoms with E-state index < -0.39 is 5.97 Å². The van der Waals surface area contributed by atoms with Crippen LogP contribution < -0.4 is 10.6 Å². The molecule has 0 aliphatic heterocycles. The number of rotatable bonds is 10. The van der Waals surface area contributed by atoms with Gasteiger partial charge in [0.1, 0.15) is 0 Å². The minimum absolute atomic E-state index is 0.0595. The molecule has 0 aliphatic rings. The molecule has 0 fully saturated rings. The normalized spacial score (nSPS) is 10.1. The average molecular weight is 259 g/mol. The van der Waals surface area contributed by atoms with Gasteiger partial charge in [0, 0.05) is 33.1 Å². The summed E-state index contributed by atoms with van der Waals surface area (Å²) in [5, 5.41) is 14.3. The number of carboxylic acids is 1. The Kier molecular flexibility index (Phi) is 10.0. The maximum absolute atomic E-state index is 11.5. The number of carboxylic acid groups (broad SMARTS) is 1. The fourth-order valence-electron chi connectivity index (χ4n) is 1.47. The van der Waals surface area contributed by atoms with Gasteiger partial charge in [-0.05, 0) is 19.9 Å². The number of carbonyl (C=O) groups is 2. The maximum Gasteiger partial charge on any atom is 0.317 e. The number of nitrogens with one attached hydrogen (secondary N) is 2. The van der Waals surface area contributed by atoms with Gasteiger partial charge < -0.3 is 20.6 Å². The van der Waals surface area contributed by atoms with E-state index in [-0.39, 0.29) is 12.5 Å². The molecule has 0 aromatic carbocycles. The van der Waals surface area contributed by atoms with Crippen molar-refractivity contribution in [1.82, 2.24) is 15.5 Å². The highest BCUT2D eigenvalue weighted by Gasteiger charge is 2.05. The van der Waals surface area contributed by atoms with Crippen molar-refractivity contribution < 1.29 is 14.7 Å². The van der Waals surface area contributed by atoms with Crippen molar-refractivity contribution in [1.29, 1.82) is 0 Å². The first kappa shape index (κ1) is 16.7. The van der Waals surface area contributed by atoms with Crippen LogP contribution in [0.3, 0.4) is 0 Å². The number of nitrogens with zero attached hydrogens (tertiary/aromatic N) is 1. The number of aliphatic carboxylic acids is 1. The lowest BCUT2D eigenvalue weighted by Gasteiger charge is -2.17. The van der Waals surface area contributed by atoms with Crippen LogP contribution in [0, 0.1) is 0 Å². The third-order valence-electron chi connectivity index (χ3n) is 2.64. The van der Waals surface area contributed by atoms with Crippen molar-refractivity contribution in [2.45, 2.75) is 32.1 Å². The summed E-state index contributed by atoms with van der Waals surface area (Å²) >= 11 is 0. The summed E-state index contributed by atoms with van der Waals surface area (Å²) in [6.07, 6.45) is 3.70. The van der Waals surface area contributed by atoms with Crippen LogP contribution in [0.5, 0.6) is 0 Å². The largest absolute Gasteiger partial charge is 0.481 e. The standard InChI is InChI=1S/C12H25N3O3/c1-13-9-10-15(2)12(18)14-8-6-4-3-5-7-11(16)17/h13H,3-10H2,1-2H3,(H,14,18)(H,16,17). The summed E-state index contributed by atoms with van der Waals surface area (Å²) in [6.45, 7) is 2.11. The number of unbranched alkanes of at least 4 members (excludes halogenated alkanes) is 3. The molecule has 106 valence electrons. The van der Waals surface area contributed by atoms with Gasteiger partial charge >= 0.3 is 12.0 Å². The van der Waals surface area contributed by atoms with Gasteiger partial charge in [0.05, 0.1) is 0 Å². The van der Waals surface area contributed by atoms with Gasteiger partial charge in [-0.15, -0.1) is 0 Å². The predicted octanol–water partition coefficient (Wildman–Crippen LogP) is 0.882. The van der Waals surface area contributed by atoms with Crippen LogP contribution in [-0.2, 0) is 4.79 Å². The first-order chi connectivity index (χ1) is 8.57. The van der Waals surface area contributed by atoms with Crippen LogP contribution >= 0.6 is 0 Å². The van der Waals surface area contributed by atoms with E-state index in [0.29, 0.717) is 19.5 Å². The van der Waals surface area contributed by atoms with E-state index >= 15 is 0 Å². The highest BCUT2D eigenvalue weighted by atomic mass is 16.4. The van der Waals surface area contributed by atoms with E-state index in [1.54, 1.807) is 11.9 Å². The molecule has 18 heavy (non-hydrogen) atoms. The molecule has 2 amide bonds. The molecular formula is C12H25N3O3. The topological polar surface area (TPSA) is 81.7 Å². The zero-order valence-corrected chi connectivity index (χ0v) is 11.4. The van der Waals surface area contributed by atoms with E-state index in [1.807, 2.05) is 7.05 Å². The monoisotopic (exact) mass is 259 g/mol. The molecule has 0 aliphatic carbocycles. The predicted molar refractivity (Wildman–Crippen MR) is 70.7 cm³/mol. The molecule has 0 bridgehead atoms. The van der Waals surface area contributed by atoms with Crippen LogP contribution in [0.1, 0.15) is 32.1 Å². The van der Waals surface area contributed by atoms with Crippen molar-refractivity contribution >= 4 is 12.0 Å². The van der Waals surface area contributed by atoms with Crippen molar-refractivity contribution in [3.63, 3.8) is 0 Å². The minimum atomic E-state index is -0.741. The highest BCUT2D eigenvalue weighted by molar-refractivity contribution is 5.73. The summed E-state index contributed by atoms with van der Waals surface area (Å²) in [7, 11) is 3.61. The van der Waals surface area contributed by atoms with Gasteiger partial charge in [-0.2, -0.15) is 0 Å². The SMILES string of the molecule is CNCCN(C)C(=O)NCCCCCCC(=O)O. The van der Waals surface area contributed by atoms with E-state index in [0.717, 1.165) is 25.8 Å². The van der Waals surface area contributed by atoms with Gasteiger partial charge in [0.25, 0.3) is 0 Å². The number of carbonyl (C=O) groups excluding carboxylic acids is 1. The number of amides is 2. The lowest BCUT2D eigenvalue weighted by Crippen LogP contribution is -2.40. The molecular weight excluding hydrogens is 234 g/mol. The lowest BCUT2D eigenvalue weighted by molar-refractivity contribution is -0.137. The Morgan fingerprint density at radius 2 is 1.78 bits per heavy atom. The third kappa shape index (κ3) is 9.89. The Labute approximate surface area is 109 Å². The Hall–Kier alpha value is -1.30. The Morgan fingerprint density at radius 3 is 2.39 bits per heavy atom. The number of urea groups is 1. The lowest BCUT2D eigenvalue weighted by atomic mass is 10.1. The van der Waals surface area contributed by atoms with Crippen LogP contribution in [0.2, 0.25) is 0 Å². The summed E-state index contributed by atoms with van der Waals surface area (Å²) < 4.78 is 0. The smallest absolute Gasteiger partial charge is 0.317 e. The Balaban J connectivity index is 3.37.